The first-order valence-electron chi connectivity index (χ1n) is 6.72. The Morgan fingerprint density at radius 3 is 2.24 bits per heavy atom. The van der Waals surface area contributed by atoms with Crippen molar-refractivity contribution in [2.75, 3.05) is 0 Å². The number of fused-ring (bicyclic) bond motifs is 1. The first-order valence-corrected chi connectivity index (χ1v) is 7.48. The molecule has 0 atom stereocenters. The minimum absolute atomic E-state index is 0.0238. The van der Waals surface area contributed by atoms with Gasteiger partial charge in [0.15, 0.2) is 11.5 Å². The molecule has 11 heteroatoms. The van der Waals surface area contributed by atoms with Gasteiger partial charge in [0.2, 0.25) is 0 Å². The molecule has 2 amide bonds. The molecule has 1 aromatic heterocycles. The van der Waals surface area contributed by atoms with Gasteiger partial charge < -0.3 is 19.2 Å². The monoisotopic (exact) mass is 396 g/mol. The highest BCUT2D eigenvalue weighted by Crippen LogP contribution is 2.47. The predicted octanol–water partition coefficient (Wildman–Crippen LogP) is 4.07. The molecule has 1 aromatic carbocycles. The lowest BCUT2D eigenvalue weighted by Gasteiger charge is -2.29. The highest BCUT2D eigenvalue weighted by Gasteiger charge is 2.65. The highest BCUT2D eigenvalue weighted by molar-refractivity contribution is 6.42. The molecule has 2 aromatic rings. The smallest absolute Gasteiger partial charge is 0.467 e. The number of carbonyl (C=O) groups excluding carboxylic acids is 1. The van der Waals surface area contributed by atoms with E-state index in [9.17, 15) is 18.0 Å². The second-order valence-electron chi connectivity index (χ2n) is 4.92. The van der Waals surface area contributed by atoms with Crippen LogP contribution in [-0.4, -0.2) is 18.1 Å². The van der Waals surface area contributed by atoms with Crippen LogP contribution in [-0.2, 0) is 6.54 Å². The third-order valence-electron chi connectivity index (χ3n) is 3.15. The Labute approximate surface area is 148 Å². The van der Waals surface area contributed by atoms with E-state index in [4.69, 9.17) is 37.1 Å². The lowest BCUT2D eigenvalue weighted by atomic mass is 10.3. The minimum atomic E-state index is -5.09. The van der Waals surface area contributed by atoms with E-state index in [0.717, 1.165) is 12.1 Å². The number of amides is 2. The van der Waals surface area contributed by atoms with Gasteiger partial charge in [-0.2, -0.15) is 13.2 Å². The van der Waals surface area contributed by atoms with Crippen molar-refractivity contribution in [3.05, 3.63) is 46.3 Å². The number of furan rings is 1. The van der Waals surface area contributed by atoms with Crippen LogP contribution in [0.4, 0.5) is 18.0 Å². The van der Waals surface area contributed by atoms with Crippen LogP contribution < -0.4 is 20.1 Å². The van der Waals surface area contributed by atoms with Gasteiger partial charge >= 0.3 is 18.1 Å². The lowest BCUT2D eigenvalue weighted by molar-refractivity contribution is -0.317. The highest BCUT2D eigenvalue weighted by atomic mass is 35.5. The van der Waals surface area contributed by atoms with Gasteiger partial charge in [0.1, 0.15) is 5.76 Å². The third kappa shape index (κ3) is 3.42. The summed E-state index contributed by atoms with van der Waals surface area (Å²) in [5, 5.41) is 3.79. The second-order valence-corrected chi connectivity index (χ2v) is 5.73. The van der Waals surface area contributed by atoms with Crippen molar-refractivity contribution in [3.63, 3.8) is 0 Å². The van der Waals surface area contributed by atoms with Crippen molar-refractivity contribution in [3.8, 4) is 11.5 Å². The zero-order chi connectivity index (χ0) is 18.2. The van der Waals surface area contributed by atoms with Crippen molar-refractivity contribution < 1.29 is 31.9 Å². The van der Waals surface area contributed by atoms with Crippen molar-refractivity contribution >= 4 is 29.2 Å². The molecular formula is C14H9Cl2F3N2O4. The van der Waals surface area contributed by atoms with Crippen LogP contribution in [0.15, 0.2) is 34.9 Å². The molecule has 3 rings (SSSR count). The Kier molecular flexibility index (Phi) is 4.38. The number of rotatable bonds is 3. The van der Waals surface area contributed by atoms with E-state index in [-0.39, 0.29) is 28.1 Å². The number of carbonyl (C=O) groups is 1. The molecule has 0 spiro atoms. The standard InChI is InChI=1S/C14H9Cl2F3N2O4/c15-8-4-10-11(5-9(8)16)25-14(24-10,13(17,18)19)21-12(22)20-6-7-2-1-3-23-7/h1-5H,6H2,(H2,20,21,22). The number of hydrogen-bond acceptors (Lipinski definition) is 4. The average Bonchev–Trinajstić information content (AvgIpc) is 3.13. The van der Waals surface area contributed by atoms with Gasteiger partial charge in [-0.15, -0.1) is 0 Å². The fourth-order valence-electron chi connectivity index (χ4n) is 2.01. The number of alkyl halides is 3. The maximum Gasteiger partial charge on any atom is 0.492 e. The Morgan fingerprint density at radius 1 is 1.16 bits per heavy atom. The largest absolute Gasteiger partial charge is 0.492 e. The van der Waals surface area contributed by atoms with E-state index in [2.05, 4.69) is 5.32 Å². The fraction of sp³-hybridized carbons (Fsp3) is 0.214. The molecule has 0 unspecified atom stereocenters. The summed E-state index contributed by atoms with van der Waals surface area (Å²) in [5.74, 6) is -3.67. The molecule has 0 aliphatic carbocycles. The maximum atomic E-state index is 13.5. The molecule has 6 nitrogen and oxygen atoms in total. The zero-order valence-corrected chi connectivity index (χ0v) is 13.6. The average molecular weight is 397 g/mol. The van der Waals surface area contributed by atoms with Crippen LogP contribution >= 0.6 is 23.2 Å². The summed E-state index contributed by atoms with van der Waals surface area (Å²) in [4.78, 5) is 11.9. The van der Waals surface area contributed by atoms with E-state index >= 15 is 0 Å². The summed E-state index contributed by atoms with van der Waals surface area (Å²) >= 11 is 11.5. The molecular weight excluding hydrogens is 388 g/mol. The molecule has 25 heavy (non-hydrogen) atoms. The van der Waals surface area contributed by atoms with Crippen molar-refractivity contribution in [1.29, 1.82) is 0 Å². The van der Waals surface area contributed by atoms with Gasteiger partial charge in [0.05, 0.1) is 22.9 Å². The van der Waals surface area contributed by atoms with E-state index in [1.54, 1.807) is 17.4 Å². The van der Waals surface area contributed by atoms with E-state index in [0.29, 0.717) is 5.76 Å². The van der Waals surface area contributed by atoms with Gasteiger partial charge in [-0.25, -0.2) is 4.79 Å². The first kappa shape index (κ1) is 17.6. The Hall–Kier alpha value is -2.26. The first-order chi connectivity index (χ1) is 11.7. The summed E-state index contributed by atoms with van der Waals surface area (Å²) in [6.45, 7) is -0.128. The number of nitrogens with one attached hydrogen (secondary N) is 2. The van der Waals surface area contributed by atoms with Crippen molar-refractivity contribution in [1.82, 2.24) is 10.6 Å². The quantitative estimate of drug-likeness (QED) is 0.819. The molecule has 1 aliphatic heterocycles. The van der Waals surface area contributed by atoms with Crippen LogP contribution in [0.3, 0.4) is 0 Å². The van der Waals surface area contributed by atoms with Crippen molar-refractivity contribution in [2.24, 2.45) is 0 Å². The molecule has 0 bridgehead atoms. The molecule has 0 fully saturated rings. The topological polar surface area (TPSA) is 72.7 Å². The summed E-state index contributed by atoms with van der Waals surface area (Å²) in [6, 6.07) is 4.06. The fourth-order valence-corrected chi connectivity index (χ4v) is 2.32. The normalized spacial score (nSPS) is 15.1. The Balaban J connectivity index is 1.78. The second kappa shape index (κ2) is 6.23. The van der Waals surface area contributed by atoms with Crippen LogP contribution in [0, 0.1) is 0 Å². The summed E-state index contributed by atoms with van der Waals surface area (Å²) in [6.07, 6.45) is -3.73. The molecule has 0 saturated carbocycles. The summed E-state index contributed by atoms with van der Waals surface area (Å²) in [7, 11) is 0. The van der Waals surface area contributed by atoms with E-state index in [1.807, 2.05) is 0 Å². The van der Waals surface area contributed by atoms with Crippen LogP contribution in [0.2, 0.25) is 10.0 Å². The zero-order valence-electron chi connectivity index (χ0n) is 12.1. The molecule has 134 valence electrons. The molecule has 0 saturated heterocycles. The van der Waals surface area contributed by atoms with Crippen LogP contribution in [0.1, 0.15) is 5.76 Å². The predicted molar refractivity (Wildman–Crippen MR) is 80.6 cm³/mol. The maximum absolute atomic E-state index is 13.5. The summed E-state index contributed by atoms with van der Waals surface area (Å²) in [5.41, 5.74) is 0. The number of halogens is 5. The van der Waals surface area contributed by atoms with Crippen LogP contribution in [0.25, 0.3) is 0 Å². The number of urea groups is 1. The lowest BCUT2D eigenvalue weighted by Crippen LogP contribution is -2.66. The van der Waals surface area contributed by atoms with Gasteiger partial charge in [0.25, 0.3) is 0 Å². The molecule has 0 radical (unpaired) electrons. The number of benzene rings is 1. The van der Waals surface area contributed by atoms with E-state index < -0.39 is 18.1 Å². The van der Waals surface area contributed by atoms with Gasteiger partial charge in [-0.1, -0.05) is 23.2 Å². The Morgan fingerprint density at radius 2 is 1.76 bits per heavy atom. The molecule has 2 N–H and O–H groups in total. The van der Waals surface area contributed by atoms with E-state index in [1.165, 1.54) is 6.26 Å². The molecule has 1 aliphatic rings. The summed E-state index contributed by atoms with van der Waals surface area (Å²) < 4.78 is 55.0. The minimum Gasteiger partial charge on any atom is -0.467 e. The van der Waals surface area contributed by atoms with Gasteiger partial charge in [-0.3, -0.25) is 5.32 Å². The molecule has 2 heterocycles. The van der Waals surface area contributed by atoms with Gasteiger partial charge in [0, 0.05) is 12.1 Å². The number of hydrogen-bond donors (Lipinski definition) is 2. The third-order valence-corrected chi connectivity index (χ3v) is 3.87. The van der Waals surface area contributed by atoms with Crippen LogP contribution in [0.5, 0.6) is 11.5 Å². The van der Waals surface area contributed by atoms with Crippen molar-refractivity contribution in [2.45, 2.75) is 18.6 Å². The Bertz CT molecular complexity index is 765. The number of ether oxygens (including phenoxy) is 2. The van der Waals surface area contributed by atoms with Gasteiger partial charge in [-0.05, 0) is 12.1 Å². The SMILES string of the molecule is O=C(NCc1ccco1)NC1(C(F)(F)F)Oc2cc(Cl)c(Cl)cc2O1.